The topological polar surface area (TPSA) is 79.9 Å². The fourth-order valence-corrected chi connectivity index (χ4v) is 2.92. The van der Waals surface area contributed by atoms with E-state index in [0.29, 0.717) is 35.2 Å². The van der Waals surface area contributed by atoms with E-state index in [2.05, 4.69) is 10.6 Å². The molecule has 7 nitrogen and oxygen atoms in total. The van der Waals surface area contributed by atoms with Gasteiger partial charge in [0.15, 0.2) is 11.5 Å². The first-order valence-electron chi connectivity index (χ1n) is 9.13. The first-order valence-corrected chi connectivity index (χ1v) is 9.51. The molecule has 2 aromatic carbocycles. The molecular weight excluding hydrogens is 394 g/mol. The number of anilines is 1. The fraction of sp³-hybridized carbons (Fsp3) is 0.333. The van der Waals surface area contributed by atoms with E-state index in [1.165, 1.54) is 0 Å². The average Bonchev–Trinajstić information content (AvgIpc) is 2.69. The molecule has 0 atom stereocenters. The van der Waals surface area contributed by atoms with Crippen molar-refractivity contribution in [3.8, 4) is 11.5 Å². The van der Waals surface area contributed by atoms with Crippen LogP contribution in [0.3, 0.4) is 0 Å². The van der Waals surface area contributed by atoms with Crippen LogP contribution in [0, 0.1) is 0 Å². The fourth-order valence-electron chi connectivity index (χ4n) is 2.74. The molecule has 0 aliphatic rings. The van der Waals surface area contributed by atoms with Crippen molar-refractivity contribution in [2.45, 2.75) is 6.42 Å². The van der Waals surface area contributed by atoms with Crippen LogP contribution >= 0.6 is 11.6 Å². The molecule has 0 saturated carbocycles. The number of halogens is 1. The van der Waals surface area contributed by atoms with Crippen LogP contribution in [0.4, 0.5) is 5.69 Å². The van der Waals surface area contributed by atoms with Gasteiger partial charge in [-0.1, -0.05) is 29.8 Å². The molecule has 0 fully saturated rings. The molecule has 0 bridgehead atoms. The molecule has 8 heteroatoms. The lowest BCUT2D eigenvalue weighted by Gasteiger charge is -2.16. The second-order valence-electron chi connectivity index (χ2n) is 6.49. The molecule has 156 valence electrons. The van der Waals surface area contributed by atoms with Gasteiger partial charge in [-0.3, -0.25) is 14.5 Å². The van der Waals surface area contributed by atoms with Crippen molar-refractivity contribution in [1.82, 2.24) is 10.2 Å². The third-order valence-corrected chi connectivity index (χ3v) is 4.49. The molecule has 2 amide bonds. The Balaban J connectivity index is 1.73. The number of nitrogens with one attached hydrogen (secondary N) is 2. The molecule has 29 heavy (non-hydrogen) atoms. The molecule has 0 aliphatic carbocycles. The summed E-state index contributed by atoms with van der Waals surface area (Å²) in [6, 6.07) is 12.7. The van der Waals surface area contributed by atoms with E-state index in [4.69, 9.17) is 21.1 Å². The molecule has 0 saturated heterocycles. The van der Waals surface area contributed by atoms with Crippen LogP contribution in [-0.2, 0) is 16.0 Å². The lowest BCUT2D eigenvalue weighted by Crippen LogP contribution is -2.39. The highest BCUT2D eigenvalue weighted by Gasteiger charge is 2.12. The van der Waals surface area contributed by atoms with Crippen LogP contribution < -0.4 is 20.1 Å². The van der Waals surface area contributed by atoms with Gasteiger partial charge in [-0.25, -0.2) is 0 Å². The summed E-state index contributed by atoms with van der Waals surface area (Å²) in [7, 11) is 4.88. The van der Waals surface area contributed by atoms with Gasteiger partial charge in [0.05, 0.1) is 38.0 Å². The largest absolute Gasteiger partial charge is 0.493 e. The maximum absolute atomic E-state index is 12.1. The summed E-state index contributed by atoms with van der Waals surface area (Å²) in [5.74, 6) is 0.926. The molecule has 0 heterocycles. The van der Waals surface area contributed by atoms with Crippen LogP contribution in [0.2, 0.25) is 5.02 Å². The minimum absolute atomic E-state index is 0.0777. The standard InChI is InChI=1S/C21H26ClN3O4/c1-25(14-21(27)24-17-7-5-4-6-16(17)22)13-20(26)23-11-10-15-8-9-18(28-2)19(12-15)29-3/h4-9,12H,10-11,13-14H2,1-3H3,(H,23,26)(H,24,27). The van der Waals surface area contributed by atoms with Crippen molar-refractivity contribution >= 4 is 29.1 Å². The molecule has 2 N–H and O–H groups in total. The van der Waals surface area contributed by atoms with Gasteiger partial charge >= 0.3 is 0 Å². The zero-order chi connectivity index (χ0) is 21.2. The minimum Gasteiger partial charge on any atom is -0.493 e. The molecule has 2 aromatic rings. The van der Waals surface area contributed by atoms with E-state index in [-0.39, 0.29) is 24.9 Å². The number of rotatable bonds is 10. The van der Waals surface area contributed by atoms with Crippen molar-refractivity contribution in [2.24, 2.45) is 0 Å². The summed E-state index contributed by atoms with van der Waals surface area (Å²) in [6.45, 7) is 0.671. The van der Waals surface area contributed by atoms with Crippen molar-refractivity contribution in [1.29, 1.82) is 0 Å². The number of ether oxygens (including phenoxy) is 2. The van der Waals surface area contributed by atoms with Gasteiger partial charge < -0.3 is 20.1 Å². The number of likely N-dealkylation sites (N-methyl/N-ethyl adjacent to an activating group) is 1. The van der Waals surface area contributed by atoms with Gasteiger partial charge in [0.2, 0.25) is 11.8 Å². The number of para-hydroxylation sites is 1. The predicted octanol–water partition coefficient (Wildman–Crippen LogP) is 2.59. The molecular formula is C21H26ClN3O4. The maximum Gasteiger partial charge on any atom is 0.238 e. The Morgan fingerprint density at radius 2 is 1.69 bits per heavy atom. The summed E-state index contributed by atoms with van der Waals surface area (Å²) in [4.78, 5) is 25.9. The van der Waals surface area contributed by atoms with Crippen LogP contribution in [-0.4, -0.2) is 57.6 Å². The normalized spacial score (nSPS) is 10.5. The van der Waals surface area contributed by atoms with Crippen molar-refractivity contribution in [2.75, 3.05) is 46.2 Å². The quantitative estimate of drug-likeness (QED) is 0.618. The summed E-state index contributed by atoms with van der Waals surface area (Å²) in [6.07, 6.45) is 0.656. The number of carbonyl (C=O) groups excluding carboxylic acids is 2. The molecule has 0 spiro atoms. The summed E-state index contributed by atoms with van der Waals surface area (Å²) < 4.78 is 10.5. The highest BCUT2D eigenvalue weighted by Crippen LogP contribution is 2.27. The lowest BCUT2D eigenvalue weighted by molar-refractivity contribution is -0.122. The number of methoxy groups -OCH3 is 2. The molecule has 0 radical (unpaired) electrons. The highest BCUT2D eigenvalue weighted by atomic mass is 35.5. The Hall–Kier alpha value is -2.77. The third-order valence-electron chi connectivity index (χ3n) is 4.16. The first kappa shape index (κ1) is 22.5. The van der Waals surface area contributed by atoms with E-state index in [1.807, 2.05) is 18.2 Å². The van der Waals surface area contributed by atoms with Gasteiger partial charge in [-0.05, 0) is 43.3 Å². The molecule has 0 unspecified atom stereocenters. The first-order chi connectivity index (χ1) is 13.9. The minimum atomic E-state index is -0.237. The SMILES string of the molecule is COc1ccc(CCNC(=O)CN(C)CC(=O)Nc2ccccc2Cl)cc1OC. The second kappa shape index (κ2) is 11.3. The van der Waals surface area contributed by atoms with E-state index in [0.717, 1.165) is 5.56 Å². The predicted molar refractivity (Wildman–Crippen MR) is 114 cm³/mol. The Labute approximate surface area is 175 Å². The van der Waals surface area contributed by atoms with E-state index in [1.54, 1.807) is 50.4 Å². The van der Waals surface area contributed by atoms with Crippen molar-refractivity contribution in [3.05, 3.63) is 53.1 Å². The summed E-state index contributed by atoms with van der Waals surface area (Å²) in [5, 5.41) is 6.06. The zero-order valence-corrected chi connectivity index (χ0v) is 17.6. The number of amides is 2. The van der Waals surface area contributed by atoms with E-state index in [9.17, 15) is 9.59 Å². The lowest BCUT2D eigenvalue weighted by atomic mass is 10.1. The van der Waals surface area contributed by atoms with Crippen LogP contribution in [0.25, 0.3) is 0 Å². The van der Waals surface area contributed by atoms with E-state index < -0.39 is 0 Å². The van der Waals surface area contributed by atoms with Gasteiger partial charge in [0, 0.05) is 6.54 Å². The van der Waals surface area contributed by atoms with Crippen molar-refractivity contribution in [3.63, 3.8) is 0 Å². The summed E-state index contributed by atoms with van der Waals surface area (Å²) >= 11 is 6.03. The number of carbonyl (C=O) groups is 2. The average molecular weight is 420 g/mol. The monoisotopic (exact) mass is 419 g/mol. The number of nitrogens with zero attached hydrogens (tertiary/aromatic N) is 1. The van der Waals surface area contributed by atoms with Gasteiger partial charge in [-0.2, -0.15) is 0 Å². The zero-order valence-electron chi connectivity index (χ0n) is 16.8. The smallest absolute Gasteiger partial charge is 0.238 e. The number of benzene rings is 2. The summed E-state index contributed by atoms with van der Waals surface area (Å²) in [5.41, 5.74) is 1.57. The maximum atomic E-state index is 12.1. The van der Waals surface area contributed by atoms with Gasteiger partial charge in [-0.15, -0.1) is 0 Å². The second-order valence-corrected chi connectivity index (χ2v) is 6.90. The number of hydrogen-bond donors (Lipinski definition) is 2. The van der Waals surface area contributed by atoms with Crippen LogP contribution in [0.5, 0.6) is 11.5 Å². The highest BCUT2D eigenvalue weighted by molar-refractivity contribution is 6.33. The van der Waals surface area contributed by atoms with Crippen LogP contribution in [0.15, 0.2) is 42.5 Å². The number of hydrogen-bond acceptors (Lipinski definition) is 5. The Kier molecular flexibility index (Phi) is 8.76. The van der Waals surface area contributed by atoms with Gasteiger partial charge in [0.1, 0.15) is 0 Å². The Morgan fingerprint density at radius 3 is 2.38 bits per heavy atom. The Bertz CT molecular complexity index is 844. The molecule has 0 aromatic heterocycles. The van der Waals surface area contributed by atoms with Crippen molar-refractivity contribution < 1.29 is 19.1 Å². The third kappa shape index (κ3) is 7.29. The van der Waals surface area contributed by atoms with Gasteiger partial charge in [0.25, 0.3) is 0 Å². The molecule has 0 aliphatic heterocycles. The van der Waals surface area contributed by atoms with E-state index >= 15 is 0 Å². The van der Waals surface area contributed by atoms with Crippen LogP contribution in [0.1, 0.15) is 5.56 Å². The molecule has 2 rings (SSSR count). The Morgan fingerprint density at radius 1 is 1.00 bits per heavy atom.